The molecule has 7 nitrogen and oxygen atoms in total. The van der Waals surface area contributed by atoms with Crippen LogP contribution in [-0.2, 0) is 16.0 Å². The van der Waals surface area contributed by atoms with E-state index < -0.39 is 18.0 Å². The number of carbonyl (C=O) groups excluding carboxylic acids is 3. The highest BCUT2D eigenvalue weighted by molar-refractivity contribution is 6.09. The number of nitrogens with two attached hydrogens (primary N) is 1. The third-order valence-corrected chi connectivity index (χ3v) is 5.45. The minimum absolute atomic E-state index is 0.158. The Hall–Kier alpha value is -3.45. The maximum atomic E-state index is 13.4. The van der Waals surface area contributed by atoms with Crippen LogP contribution in [0.15, 0.2) is 54.7 Å². The molecule has 0 fully saturated rings. The summed E-state index contributed by atoms with van der Waals surface area (Å²) in [5.41, 5.74) is 8.48. The summed E-state index contributed by atoms with van der Waals surface area (Å²) in [7, 11) is 0. The van der Waals surface area contributed by atoms with Crippen LogP contribution in [0.25, 0.3) is 10.9 Å². The van der Waals surface area contributed by atoms with E-state index in [-0.39, 0.29) is 24.2 Å². The van der Waals surface area contributed by atoms with Crippen molar-refractivity contribution < 1.29 is 14.4 Å². The van der Waals surface area contributed by atoms with Crippen LogP contribution in [0.2, 0.25) is 0 Å². The molecule has 1 aliphatic rings. The standard InChI is InChI=1S/C23H24N4O3/c1-13(2)20-22(29)25-18-9-5-3-8-16(18)23(30)27-12-14(11-17(24)21(28)26-20)15-7-4-6-10-19(15)27/h3-10,12-13,17,20H,11,24H2,1-2H3,(H,25,29)(H,26,28)/t17-,20-/m0/s1. The van der Waals surface area contributed by atoms with E-state index in [4.69, 9.17) is 5.73 Å². The Morgan fingerprint density at radius 3 is 2.47 bits per heavy atom. The highest BCUT2D eigenvalue weighted by Gasteiger charge is 2.29. The van der Waals surface area contributed by atoms with Gasteiger partial charge in [-0.3, -0.25) is 19.0 Å². The predicted molar refractivity (Wildman–Crippen MR) is 115 cm³/mol. The lowest BCUT2D eigenvalue weighted by atomic mass is 10.0. The molecule has 7 heteroatoms. The zero-order valence-electron chi connectivity index (χ0n) is 16.9. The van der Waals surface area contributed by atoms with Crippen molar-refractivity contribution in [3.05, 3.63) is 65.9 Å². The Morgan fingerprint density at radius 1 is 1.00 bits per heavy atom. The first-order chi connectivity index (χ1) is 14.4. The Balaban J connectivity index is 1.90. The van der Waals surface area contributed by atoms with Crippen LogP contribution in [0.4, 0.5) is 5.69 Å². The molecule has 4 rings (SSSR count). The first-order valence-electron chi connectivity index (χ1n) is 9.96. The van der Waals surface area contributed by atoms with Crippen molar-refractivity contribution in [1.82, 2.24) is 9.88 Å². The van der Waals surface area contributed by atoms with E-state index >= 15 is 0 Å². The maximum absolute atomic E-state index is 13.4. The first-order valence-corrected chi connectivity index (χ1v) is 9.96. The number of benzene rings is 2. The van der Waals surface area contributed by atoms with Gasteiger partial charge in [-0.15, -0.1) is 0 Å². The molecule has 2 atom stereocenters. The fourth-order valence-electron chi connectivity index (χ4n) is 3.82. The van der Waals surface area contributed by atoms with Crippen molar-refractivity contribution in [2.24, 2.45) is 11.7 Å². The maximum Gasteiger partial charge on any atom is 0.264 e. The SMILES string of the molecule is CC(C)[C@@H]1NC(=O)[C@@H](N)Cc2cn(c3ccccc23)C(=O)c2ccccc2NC1=O. The van der Waals surface area contributed by atoms with Crippen LogP contribution in [-0.4, -0.2) is 34.4 Å². The van der Waals surface area contributed by atoms with Gasteiger partial charge in [0.05, 0.1) is 22.8 Å². The summed E-state index contributed by atoms with van der Waals surface area (Å²) in [6.07, 6.45) is 1.98. The zero-order valence-corrected chi connectivity index (χ0v) is 16.9. The second-order valence-electron chi connectivity index (χ2n) is 7.92. The molecule has 4 N–H and O–H groups in total. The van der Waals surface area contributed by atoms with Crippen LogP contribution in [0.5, 0.6) is 0 Å². The molecule has 1 aliphatic heterocycles. The molecule has 0 saturated carbocycles. The van der Waals surface area contributed by atoms with Gasteiger partial charge in [-0.05, 0) is 36.1 Å². The minimum atomic E-state index is -0.850. The predicted octanol–water partition coefficient (Wildman–Crippen LogP) is 2.29. The molecule has 0 saturated heterocycles. The number of hydrogen-bond acceptors (Lipinski definition) is 4. The molecule has 2 heterocycles. The second-order valence-corrected chi connectivity index (χ2v) is 7.92. The lowest BCUT2D eigenvalue weighted by Crippen LogP contribution is -2.52. The van der Waals surface area contributed by atoms with Crippen LogP contribution in [0.3, 0.4) is 0 Å². The summed E-state index contributed by atoms with van der Waals surface area (Å²) in [4.78, 5) is 39.1. The molecule has 3 aromatic rings. The van der Waals surface area contributed by atoms with E-state index in [0.717, 1.165) is 16.5 Å². The number of rotatable bonds is 1. The van der Waals surface area contributed by atoms with Gasteiger partial charge in [0.1, 0.15) is 6.04 Å². The second kappa shape index (κ2) is 7.76. The molecule has 2 aromatic carbocycles. The normalized spacial score (nSPS) is 20.1. The summed E-state index contributed by atoms with van der Waals surface area (Å²) in [5.74, 6) is -1.21. The molecule has 154 valence electrons. The van der Waals surface area contributed by atoms with E-state index in [1.807, 2.05) is 38.1 Å². The molecular formula is C23H24N4O3. The lowest BCUT2D eigenvalue weighted by Gasteiger charge is -2.24. The fourth-order valence-corrected chi connectivity index (χ4v) is 3.82. The van der Waals surface area contributed by atoms with Crippen LogP contribution < -0.4 is 16.4 Å². The Morgan fingerprint density at radius 2 is 1.70 bits per heavy atom. The summed E-state index contributed by atoms with van der Waals surface area (Å²) in [6, 6.07) is 12.8. The average molecular weight is 404 g/mol. The first kappa shape index (κ1) is 19.8. The number of hydrogen-bond donors (Lipinski definition) is 3. The van der Waals surface area contributed by atoms with Gasteiger partial charge in [-0.25, -0.2) is 0 Å². The molecule has 2 amide bonds. The monoisotopic (exact) mass is 404 g/mol. The molecular weight excluding hydrogens is 380 g/mol. The van der Waals surface area contributed by atoms with Crippen LogP contribution in [0.1, 0.15) is 29.8 Å². The largest absolute Gasteiger partial charge is 0.343 e. The number of carbonyl (C=O) groups is 3. The van der Waals surface area contributed by atoms with Gasteiger partial charge < -0.3 is 16.4 Å². The summed E-state index contributed by atoms with van der Waals surface area (Å²) in [5, 5.41) is 6.46. The van der Waals surface area contributed by atoms with E-state index in [1.54, 1.807) is 35.0 Å². The van der Waals surface area contributed by atoms with Crippen molar-refractivity contribution in [3.63, 3.8) is 0 Å². The van der Waals surface area contributed by atoms with Crippen molar-refractivity contribution in [2.45, 2.75) is 32.4 Å². The van der Waals surface area contributed by atoms with E-state index in [2.05, 4.69) is 10.6 Å². The summed E-state index contributed by atoms with van der Waals surface area (Å²) in [6.45, 7) is 3.69. The number of amides is 2. The highest BCUT2D eigenvalue weighted by Crippen LogP contribution is 2.26. The molecule has 0 aliphatic carbocycles. The quantitative estimate of drug-likeness (QED) is 0.578. The smallest absolute Gasteiger partial charge is 0.264 e. The fraction of sp³-hybridized carbons (Fsp3) is 0.261. The average Bonchev–Trinajstić information content (AvgIpc) is 3.09. The van der Waals surface area contributed by atoms with Gasteiger partial charge in [0.25, 0.3) is 5.91 Å². The number of nitrogens with one attached hydrogen (secondary N) is 2. The molecule has 1 aromatic heterocycles. The number of para-hydroxylation sites is 2. The third-order valence-electron chi connectivity index (χ3n) is 5.45. The molecule has 30 heavy (non-hydrogen) atoms. The molecule has 0 spiro atoms. The van der Waals surface area contributed by atoms with E-state index in [0.29, 0.717) is 11.3 Å². The zero-order chi connectivity index (χ0) is 21.4. The lowest BCUT2D eigenvalue weighted by molar-refractivity contribution is -0.128. The number of fused-ring (bicyclic) bond motifs is 6. The minimum Gasteiger partial charge on any atom is -0.343 e. The summed E-state index contributed by atoms with van der Waals surface area (Å²) >= 11 is 0. The highest BCUT2D eigenvalue weighted by atomic mass is 16.2. The van der Waals surface area contributed by atoms with Crippen molar-refractivity contribution >= 4 is 34.3 Å². The summed E-state index contributed by atoms with van der Waals surface area (Å²) < 4.78 is 1.55. The Bertz CT molecular complexity index is 1150. The third kappa shape index (κ3) is 3.48. The van der Waals surface area contributed by atoms with Crippen molar-refractivity contribution in [2.75, 3.05) is 5.32 Å². The molecule has 0 unspecified atom stereocenters. The van der Waals surface area contributed by atoms with Crippen molar-refractivity contribution in [3.8, 4) is 0 Å². The number of anilines is 1. The van der Waals surface area contributed by atoms with Gasteiger partial charge in [0.15, 0.2) is 0 Å². The van der Waals surface area contributed by atoms with E-state index in [9.17, 15) is 14.4 Å². The Kier molecular flexibility index (Phi) is 5.13. The van der Waals surface area contributed by atoms with Crippen LogP contribution >= 0.6 is 0 Å². The van der Waals surface area contributed by atoms with Gasteiger partial charge in [0.2, 0.25) is 11.8 Å². The molecule has 2 bridgehead atoms. The topological polar surface area (TPSA) is 106 Å². The number of nitrogens with zero attached hydrogens (tertiary/aromatic N) is 1. The molecule has 0 radical (unpaired) electrons. The van der Waals surface area contributed by atoms with Crippen molar-refractivity contribution in [1.29, 1.82) is 0 Å². The van der Waals surface area contributed by atoms with Gasteiger partial charge >= 0.3 is 0 Å². The van der Waals surface area contributed by atoms with Gasteiger partial charge in [0, 0.05) is 11.6 Å². The van der Waals surface area contributed by atoms with Gasteiger partial charge in [-0.1, -0.05) is 44.2 Å². The van der Waals surface area contributed by atoms with Crippen LogP contribution in [0, 0.1) is 5.92 Å². The Labute approximate surface area is 174 Å². The van der Waals surface area contributed by atoms with E-state index in [1.165, 1.54) is 0 Å². The number of aromatic nitrogens is 1. The van der Waals surface area contributed by atoms with Gasteiger partial charge in [-0.2, -0.15) is 0 Å².